The molecular weight excluding hydrogens is 458 g/mol. The van der Waals surface area contributed by atoms with Crippen molar-refractivity contribution in [3.8, 4) is 0 Å². The Hall–Kier alpha value is -0.950. The van der Waals surface area contributed by atoms with Gasteiger partial charge in [0.1, 0.15) is 0 Å². The van der Waals surface area contributed by atoms with E-state index in [-0.39, 0.29) is 30.3 Å². The van der Waals surface area contributed by atoms with Crippen LogP contribution in [0, 0.1) is 0 Å². The van der Waals surface area contributed by atoms with Gasteiger partial charge in [-0.25, -0.2) is 0 Å². The molecule has 0 spiro atoms. The Morgan fingerprint density at radius 3 is 1.91 bits per heavy atom. The third-order valence-corrected chi connectivity index (χ3v) is 7.98. The summed E-state index contributed by atoms with van der Waals surface area (Å²) in [4.78, 5) is 11.8. The molecule has 1 aliphatic rings. The number of carbonyl (C=O) groups is 1. The summed E-state index contributed by atoms with van der Waals surface area (Å²) in [7, 11) is 0. The van der Waals surface area contributed by atoms with Crippen LogP contribution >= 0.6 is 11.3 Å². The van der Waals surface area contributed by atoms with Gasteiger partial charge in [-0.15, -0.1) is 0 Å². The number of unbranched alkanes of at least 4 members (excludes halogenated alkanes) is 12. The maximum absolute atomic E-state index is 11.8. The van der Waals surface area contributed by atoms with Crippen LogP contribution in [0.3, 0.4) is 0 Å². The SMILES string of the molecule is CCCCCC[C@@H](O)[C@H]1CC[C@H]([C@H](O)CCCCCCCCCCCCNC(=O)c2ccsc2)O1. The van der Waals surface area contributed by atoms with E-state index < -0.39 is 0 Å². The molecule has 6 heteroatoms. The second-order valence-electron chi connectivity index (χ2n) is 10.4. The second-order valence-corrected chi connectivity index (χ2v) is 11.1. The van der Waals surface area contributed by atoms with Crippen LogP contribution in [0.1, 0.15) is 133 Å². The molecule has 0 saturated carbocycles. The fourth-order valence-corrected chi connectivity index (χ4v) is 5.63. The Kier molecular flexibility index (Phi) is 16.6. The average molecular weight is 510 g/mol. The smallest absolute Gasteiger partial charge is 0.252 e. The van der Waals surface area contributed by atoms with Crippen LogP contribution in [-0.2, 0) is 4.74 Å². The topological polar surface area (TPSA) is 78.8 Å². The number of nitrogens with one attached hydrogen (secondary N) is 1. The van der Waals surface area contributed by atoms with Crippen molar-refractivity contribution < 1.29 is 19.7 Å². The first-order valence-corrected chi connectivity index (χ1v) is 15.4. The Labute approximate surface area is 218 Å². The zero-order valence-electron chi connectivity index (χ0n) is 22.1. The van der Waals surface area contributed by atoms with E-state index in [9.17, 15) is 15.0 Å². The molecule has 202 valence electrons. The van der Waals surface area contributed by atoms with E-state index in [4.69, 9.17) is 4.74 Å². The van der Waals surface area contributed by atoms with Gasteiger partial charge in [0.05, 0.1) is 24.4 Å². The van der Waals surface area contributed by atoms with Crippen LogP contribution in [0.15, 0.2) is 16.8 Å². The normalized spacial score (nSPS) is 19.6. The van der Waals surface area contributed by atoms with Crippen molar-refractivity contribution in [3.63, 3.8) is 0 Å². The van der Waals surface area contributed by atoms with Gasteiger partial charge >= 0.3 is 0 Å². The first-order valence-electron chi connectivity index (χ1n) is 14.4. The first-order chi connectivity index (χ1) is 17.1. The summed E-state index contributed by atoms with van der Waals surface area (Å²) in [5.41, 5.74) is 0.772. The second kappa shape index (κ2) is 19.2. The minimum atomic E-state index is -0.387. The Balaban J connectivity index is 1.34. The van der Waals surface area contributed by atoms with Crippen molar-refractivity contribution in [1.29, 1.82) is 0 Å². The molecule has 2 rings (SSSR count). The molecule has 1 saturated heterocycles. The van der Waals surface area contributed by atoms with Crippen LogP contribution in [0.2, 0.25) is 0 Å². The van der Waals surface area contributed by atoms with Gasteiger partial charge in [0.15, 0.2) is 0 Å². The lowest BCUT2D eigenvalue weighted by molar-refractivity contribution is -0.0786. The third kappa shape index (κ3) is 13.2. The predicted octanol–water partition coefficient (Wildman–Crippen LogP) is 7.01. The average Bonchev–Trinajstić information content (AvgIpc) is 3.57. The largest absolute Gasteiger partial charge is 0.390 e. The minimum absolute atomic E-state index is 0.0469. The molecule has 35 heavy (non-hydrogen) atoms. The number of aliphatic hydroxyl groups excluding tert-OH is 2. The fourth-order valence-electron chi connectivity index (χ4n) is 5.00. The van der Waals surface area contributed by atoms with E-state index in [0.717, 1.165) is 57.1 Å². The van der Waals surface area contributed by atoms with Gasteiger partial charge in [0.2, 0.25) is 0 Å². The molecule has 5 nitrogen and oxygen atoms in total. The summed E-state index contributed by atoms with van der Waals surface area (Å²) in [5.74, 6) is 0.0469. The lowest BCUT2D eigenvalue weighted by Gasteiger charge is -2.22. The number of ether oxygens (including phenoxy) is 1. The van der Waals surface area contributed by atoms with E-state index in [0.29, 0.717) is 0 Å². The quantitative estimate of drug-likeness (QED) is 0.156. The molecule has 0 radical (unpaired) electrons. The van der Waals surface area contributed by atoms with Crippen molar-refractivity contribution in [3.05, 3.63) is 22.4 Å². The monoisotopic (exact) mass is 509 g/mol. The molecule has 1 aromatic heterocycles. The summed E-state index contributed by atoms with van der Waals surface area (Å²) < 4.78 is 6.01. The van der Waals surface area contributed by atoms with Crippen LogP contribution in [0.5, 0.6) is 0 Å². The maximum Gasteiger partial charge on any atom is 0.252 e. The number of aliphatic hydroxyl groups is 2. The van der Waals surface area contributed by atoms with Crippen LogP contribution in [0.25, 0.3) is 0 Å². The van der Waals surface area contributed by atoms with Crippen LogP contribution < -0.4 is 5.32 Å². The highest BCUT2D eigenvalue weighted by Crippen LogP contribution is 2.28. The van der Waals surface area contributed by atoms with Gasteiger partial charge in [-0.05, 0) is 43.6 Å². The van der Waals surface area contributed by atoms with E-state index >= 15 is 0 Å². The highest BCUT2D eigenvalue weighted by Gasteiger charge is 2.33. The lowest BCUT2D eigenvalue weighted by Crippen LogP contribution is -2.31. The van der Waals surface area contributed by atoms with Crippen molar-refractivity contribution in [2.24, 2.45) is 0 Å². The molecule has 0 aromatic carbocycles. The lowest BCUT2D eigenvalue weighted by atomic mass is 10.0. The van der Waals surface area contributed by atoms with Crippen molar-refractivity contribution in [1.82, 2.24) is 5.32 Å². The summed E-state index contributed by atoms with van der Waals surface area (Å²) in [6.45, 7) is 2.97. The van der Waals surface area contributed by atoms with E-state index in [1.54, 1.807) is 11.3 Å². The van der Waals surface area contributed by atoms with Crippen LogP contribution in [0.4, 0.5) is 0 Å². The number of amides is 1. The number of carbonyl (C=O) groups excluding carboxylic acids is 1. The molecule has 0 unspecified atom stereocenters. The van der Waals surface area contributed by atoms with Crippen molar-refractivity contribution >= 4 is 17.2 Å². The van der Waals surface area contributed by atoms with Crippen molar-refractivity contribution in [2.45, 2.75) is 147 Å². The zero-order chi connectivity index (χ0) is 25.1. The summed E-state index contributed by atoms with van der Waals surface area (Å²) >= 11 is 1.55. The zero-order valence-corrected chi connectivity index (χ0v) is 22.9. The van der Waals surface area contributed by atoms with Gasteiger partial charge in [-0.1, -0.05) is 90.4 Å². The maximum atomic E-state index is 11.8. The highest BCUT2D eigenvalue weighted by atomic mass is 32.1. The molecule has 4 atom stereocenters. The van der Waals surface area contributed by atoms with Gasteiger partial charge < -0.3 is 20.3 Å². The van der Waals surface area contributed by atoms with Gasteiger partial charge in [0.25, 0.3) is 5.91 Å². The van der Waals surface area contributed by atoms with E-state index in [2.05, 4.69) is 12.2 Å². The van der Waals surface area contributed by atoms with Gasteiger partial charge in [0, 0.05) is 17.5 Å². The van der Waals surface area contributed by atoms with Gasteiger partial charge in [-0.3, -0.25) is 4.79 Å². The summed E-state index contributed by atoms with van der Waals surface area (Å²) in [6, 6.07) is 1.87. The first kappa shape index (κ1) is 30.3. The third-order valence-electron chi connectivity index (χ3n) is 7.29. The Bertz CT molecular complexity index is 639. The number of rotatable bonds is 21. The van der Waals surface area contributed by atoms with E-state index in [1.165, 1.54) is 70.6 Å². The number of hydrogen-bond donors (Lipinski definition) is 3. The molecule has 0 aliphatic carbocycles. The standard InChI is InChI=1S/C29H51NO4S/c1-2-3-4-13-16-25(31)27-18-19-28(34-27)26(32)17-14-11-9-7-5-6-8-10-12-15-21-30-29(33)24-20-22-35-23-24/h20,22-23,25-28,31-32H,2-19,21H2,1H3,(H,30,33)/t25-,26-,27-,28-/m1/s1. The molecule has 1 amide bonds. The molecule has 1 aromatic rings. The molecule has 3 N–H and O–H groups in total. The molecular formula is C29H51NO4S. The number of hydrogen-bond acceptors (Lipinski definition) is 5. The fraction of sp³-hybridized carbons (Fsp3) is 0.828. The minimum Gasteiger partial charge on any atom is -0.390 e. The Morgan fingerprint density at radius 1 is 0.886 bits per heavy atom. The van der Waals surface area contributed by atoms with Crippen molar-refractivity contribution in [2.75, 3.05) is 6.54 Å². The molecule has 2 heterocycles. The number of thiophene rings is 1. The highest BCUT2D eigenvalue weighted by molar-refractivity contribution is 7.08. The van der Waals surface area contributed by atoms with Gasteiger partial charge in [-0.2, -0.15) is 11.3 Å². The van der Waals surface area contributed by atoms with E-state index in [1.807, 2.05) is 16.8 Å². The summed E-state index contributed by atoms with van der Waals surface area (Å²) in [5, 5.41) is 27.7. The summed E-state index contributed by atoms with van der Waals surface area (Å²) in [6.07, 6.45) is 19.3. The molecule has 0 bridgehead atoms. The molecule has 1 aliphatic heterocycles. The predicted molar refractivity (Wildman–Crippen MR) is 146 cm³/mol. The van der Waals surface area contributed by atoms with Crippen LogP contribution in [-0.4, -0.2) is 47.1 Å². The Morgan fingerprint density at radius 2 is 1.40 bits per heavy atom. The molecule has 1 fully saturated rings.